The van der Waals surface area contributed by atoms with Gasteiger partial charge in [-0.1, -0.05) is 42.0 Å². The molecular formula is C16H14IN5O. The zero-order chi connectivity index (χ0) is 16.2. The molecule has 0 radical (unpaired) electrons. The van der Waals surface area contributed by atoms with Crippen LogP contribution in [-0.4, -0.2) is 26.1 Å². The normalized spacial score (nSPS) is 10.5. The third-order valence-corrected chi connectivity index (χ3v) is 4.14. The number of carbonyl (C=O) groups excluding carboxylic acids is 1. The fourth-order valence-electron chi connectivity index (χ4n) is 2.01. The van der Waals surface area contributed by atoms with Crippen LogP contribution in [-0.2, 0) is 11.3 Å². The predicted molar refractivity (Wildman–Crippen MR) is 95.8 cm³/mol. The molecule has 0 spiro atoms. The van der Waals surface area contributed by atoms with Crippen LogP contribution in [0.25, 0.3) is 11.4 Å². The van der Waals surface area contributed by atoms with Crippen molar-refractivity contribution in [1.82, 2.24) is 20.2 Å². The van der Waals surface area contributed by atoms with E-state index in [0.717, 1.165) is 20.4 Å². The molecule has 0 aliphatic heterocycles. The van der Waals surface area contributed by atoms with Crippen molar-refractivity contribution in [2.24, 2.45) is 0 Å². The maximum Gasteiger partial charge on any atom is 0.248 e. The van der Waals surface area contributed by atoms with E-state index in [1.165, 1.54) is 4.80 Å². The lowest BCUT2D eigenvalue weighted by molar-refractivity contribution is -0.117. The molecule has 0 bridgehead atoms. The first-order valence-electron chi connectivity index (χ1n) is 7.01. The maximum absolute atomic E-state index is 12.1. The topological polar surface area (TPSA) is 72.7 Å². The van der Waals surface area contributed by atoms with Crippen LogP contribution in [0.3, 0.4) is 0 Å². The second-order valence-corrected chi connectivity index (χ2v) is 6.20. The summed E-state index contributed by atoms with van der Waals surface area (Å²) in [5.74, 6) is 0.314. The number of carbonyl (C=O) groups is 1. The van der Waals surface area contributed by atoms with E-state index in [4.69, 9.17) is 0 Å². The largest absolute Gasteiger partial charge is 0.323 e. The number of tetrazole rings is 1. The summed E-state index contributed by atoms with van der Waals surface area (Å²) in [6.07, 6.45) is 0. The van der Waals surface area contributed by atoms with Crippen molar-refractivity contribution in [3.8, 4) is 11.4 Å². The fourth-order valence-corrected chi connectivity index (χ4v) is 2.53. The molecule has 0 saturated carbocycles. The van der Waals surface area contributed by atoms with Crippen LogP contribution >= 0.6 is 22.6 Å². The van der Waals surface area contributed by atoms with E-state index >= 15 is 0 Å². The molecule has 1 heterocycles. The third-order valence-electron chi connectivity index (χ3n) is 3.20. The molecular weight excluding hydrogens is 405 g/mol. The van der Waals surface area contributed by atoms with Crippen molar-refractivity contribution in [3.63, 3.8) is 0 Å². The molecule has 0 fully saturated rings. The smallest absolute Gasteiger partial charge is 0.248 e. The first-order chi connectivity index (χ1) is 11.1. The van der Waals surface area contributed by atoms with Gasteiger partial charge in [-0.15, -0.1) is 10.2 Å². The summed E-state index contributed by atoms with van der Waals surface area (Å²) < 4.78 is 0.977. The van der Waals surface area contributed by atoms with E-state index in [2.05, 4.69) is 43.3 Å². The number of benzene rings is 2. The van der Waals surface area contributed by atoms with Crippen LogP contribution in [0.5, 0.6) is 0 Å². The maximum atomic E-state index is 12.1. The van der Waals surface area contributed by atoms with Gasteiger partial charge in [-0.3, -0.25) is 4.79 Å². The summed E-state index contributed by atoms with van der Waals surface area (Å²) in [5.41, 5.74) is 2.81. The molecule has 3 aromatic rings. The molecule has 0 saturated heterocycles. The molecule has 1 N–H and O–H groups in total. The second-order valence-electron chi connectivity index (χ2n) is 5.04. The Labute approximate surface area is 147 Å². The number of rotatable bonds is 4. The molecule has 0 aliphatic carbocycles. The number of nitrogens with one attached hydrogen (secondary N) is 1. The Hall–Kier alpha value is -2.29. The molecule has 6 nitrogen and oxygen atoms in total. The summed E-state index contributed by atoms with van der Waals surface area (Å²) >= 11 is 2.17. The highest BCUT2D eigenvalue weighted by Crippen LogP contribution is 2.17. The number of hydrogen-bond donors (Lipinski definition) is 1. The van der Waals surface area contributed by atoms with Gasteiger partial charge < -0.3 is 5.32 Å². The number of aryl methyl sites for hydroxylation is 1. The van der Waals surface area contributed by atoms with Crippen molar-refractivity contribution in [1.29, 1.82) is 0 Å². The summed E-state index contributed by atoms with van der Waals surface area (Å²) in [4.78, 5) is 13.4. The van der Waals surface area contributed by atoms with Gasteiger partial charge >= 0.3 is 0 Å². The predicted octanol–water partition coefficient (Wildman–Crippen LogP) is 2.89. The molecule has 7 heteroatoms. The minimum absolute atomic E-state index is 0.0177. The van der Waals surface area contributed by atoms with E-state index in [1.807, 2.05) is 55.5 Å². The highest BCUT2D eigenvalue weighted by Gasteiger charge is 2.10. The summed E-state index contributed by atoms with van der Waals surface area (Å²) in [5, 5.41) is 15.0. The van der Waals surface area contributed by atoms with E-state index in [1.54, 1.807) is 0 Å². The summed E-state index contributed by atoms with van der Waals surface area (Å²) in [6.45, 7) is 2.03. The minimum Gasteiger partial charge on any atom is -0.323 e. The van der Waals surface area contributed by atoms with Crippen molar-refractivity contribution >= 4 is 34.2 Å². The fraction of sp³-hybridized carbons (Fsp3) is 0.125. The van der Waals surface area contributed by atoms with E-state index in [9.17, 15) is 4.79 Å². The minimum atomic E-state index is -0.193. The number of nitrogens with zero attached hydrogens (tertiary/aromatic N) is 4. The van der Waals surface area contributed by atoms with E-state index in [0.29, 0.717) is 5.82 Å². The molecule has 2 aromatic carbocycles. The third kappa shape index (κ3) is 3.92. The first kappa shape index (κ1) is 15.6. The molecule has 1 amide bonds. The van der Waals surface area contributed by atoms with Crippen molar-refractivity contribution < 1.29 is 4.79 Å². The molecule has 3 rings (SSSR count). The lowest BCUT2D eigenvalue weighted by atomic mass is 10.1. The van der Waals surface area contributed by atoms with Crippen LogP contribution in [0.15, 0.2) is 48.5 Å². The Morgan fingerprint density at radius 2 is 1.91 bits per heavy atom. The van der Waals surface area contributed by atoms with Gasteiger partial charge in [0.1, 0.15) is 6.54 Å². The number of hydrogen-bond acceptors (Lipinski definition) is 4. The first-order valence-corrected chi connectivity index (χ1v) is 8.09. The van der Waals surface area contributed by atoms with Gasteiger partial charge in [0.25, 0.3) is 0 Å². The van der Waals surface area contributed by atoms with Gasteiger partial charge in [0.15, 0.2) is 0 Å². The number of amides is 1. The number of aromatic nitrogens is 4. The van der Waals surface area contributed by atoms with Crippen LogP contribution in [0.4, 0.5) is 5.69 Å². The second kappa shape index (κ2) is 6.86. The van der Waals surface area contributed by atoms with Crippen LogP contribution < -0.4 is 5.32 Å². The van der Waals surface area contributed by atoms with Gasteiger partial charge in [-0.25, -0.2) is 0 Å². The Morgan fingerprint density at radius 1 is 1.17 bits per heavy atom. The van der Waals surface area contributed by atoms with Gasteiger partial charge in [-0.05, 0) is 46.9 Å². The number of para-hydroxylation sites is 1. The van der Waals surface area contributed by atoms with Crippen LogP contribution in [0.1, 0.15) is 5.56 Å². The molecule has 23 heavy (non-hydrogen) atoms. The number of halogens is 1. The SMILES string of the molecule is Cc1ccc(-c2nnn(CC(=O)Nc3ccccc3I)n2)cc1. The van der Waals surface area contributed by atoms with Crippen molar-refractivity contribution in [2.45, 2.75) is 13.5 Å². The highest BCUT2D eigenvalue weighted by molar-refractivity contribution is 14.1. The zero-order valence-electron chi connectivity index (χ0n) is 12.4. The molecule has 0 aliphatic rings. The van der Waals surface area contributed by atoms with Gasteiger partial charge in [0.05, 0.1) is 5.69 Å². The van der Waals surface area contributed by atoms with E-state index in [-0.39, 0.29) is 12.5 Å². The number of anilines is 1. The Bertz CT molecular complexity index is 828. The summed E-state index contributed by atoms with van der Waals surface area (Å²) in [6, 6.07) is 15.4. The summed E-state index contributed by atoms with van der Waals surface area (Å²) in [7, 11) is 0. The Kier molecular flexibility index (Phi) is 4.65. The Balaban J connectivity index is 1.68. The van der Waals surface area contributed by atoms with Gasteiger partial charge in [0.2, 0.25) is 11.7 Å². The molecule has 0 unspecified atom stereocenters. The van der Waals surface area contributed by atoms with Crippen LogP contribution in [0, 0.1) is 10.5 Å². The lowest BCUT2D eigenvalue weighted by Crippen LogP contribution is -2.20. The van der Waals surface area contributed by atoms with Crippen molar-refractivity contribution in [2.75, 3.05) is 5.32 Å². The molecule has 1 aromatic heterocycles. The average molecular weight is 419 g/mol. The Morgan fingerprint density at radius 3 is 2.65 bits per heavy atom. The van der Waals surface area contributed by atoms with Crippen LogP contribution in [0.2, 0.25) is 0 Å². The highest BCUT2D eigenvalue weighted by atomic mass is 127. The van der Waals surface area contributed by atoms with Gasteiger partial charge in [-0.2, -0.15) is 4.80 Å². The zero-order valence-corrected chi connectivity index (χ0v) is 14.6. The monoisotopic (exact) mass is 419 g/mol. The standard InChI is InChI=1S/C16H14IN5O/c1-11-6-8-12(9-7-11)16-19-21-22(20-16)10-15(23)18-14-5-3-2-4-13(14)17/h2-9H,10H2,1H3,(H,18,23). The quantitative estimate of drug-likeness (QED) is 0.661. The molecule has 116 valence electrons. The van der Waals surface area contributed by atoms with Gasteiger partial charge in [0, 0.05) is 9.13 Å². The molecule has 0 atom stereocenters. The average Bonchev–Trinajstić information content (AvgIpc) is 2.98. The van der Waals surface area contributed by atoms with E-state index < -0.39 is 0 Å². The lowest BCUT2D eigenvalue weighted by Gasteiger charge is -2.06. The van der Waals surface area contributed by atoms with Crippen molar-refractivity contribution in [3.05, 3.63) is 57.7 Å².